The highest BCUT2D eigenvalue weighted by Crippen LogP contribution is 2.12. The van der Waals surface area contributed by atoms with Gasteiger partial charge in [-0.25, -0.2) is 4.79 Å². The summed E-state index contributed by atoms with van der Waals surface area (Å²) in [6.07, 6.45) is -0.778. The van der Waals surface area contributed by atoms with Gasteiger partial charge in [-0.3, -0.25) is 4.90 Å². The largest absolute Gasteiger partial charge is 0.376 e. The molecule has 1 atom stereocenters. The second-order valence-electron chi connectivity index (χ2n) is 2.59. The summed E-state index contributed by atoms with van der Waals surface area (Å²) >= 11 is 0. The van der Waals surface area contributed by atoms with E-state index in [-0.39, 0.29) is 12.8 Å². The number of urea groups is 1. The minimum absolute atomic E-state index is 0.199. The first kappa shape index (κ1) is 10.2. The molecule has 76 valence electrons. The van der Waals surface area contributed by atoms with Gasteiger partial charge in [-0.1, -0.05) is 0 Å². The predicted octanol–water partition coefficient (Wildman–Crippen LogP) is -0.402. The van der Waals surface area contributed by atoms with E-state index < -0.39 is 13.1 Å². The van der Waals surface area contributed by atoms with E-state index in [1.54, 1.807) is 0 Å². The van der Waals surface area contributed by atoms with Crippen LogP contribution in [0, 0.1) is 0 Å². The molecule has 6 nitrogen and oxygen atoms in total. The number of ether oxygens (including phenoxy) is 2. The summed E-state index contributed by atoms with van der Waals surface area (Å²) < 4.78 is 10.0. The molecule has 1 rings (SSSR count). The van der Waals surface area contributed by atoms with E-state index in [0.717, 1.165) is 4.90 Å². The van der Waals surface area contributed by atoms with Crippen LogP contribution in [0.1, 0.15) is 6.92 Å². The van der Waals surface area contributed by atoms with Crippen molar-refractivity contribution < 1.29 is 19.4 Å². The fourth-order valence-corrected chi connectivity index (χ4v) is 1.12. The van der Waals surface area contributed by atoms with E-state index in [0.29, 0.717) is 6.54 Å². The molecule has 1 aliphatic rings. The van der Waals surface area contributed by atoms with Crippen LogP contribution in [0.2, 0.25) is 0 Å². The van der Waals surface area contributed by atoms with Crippen molar-refractivity contribution >= 4 is 6.03 Å². The van der Waals surface area contributed by atoms with Crippen LogP contribution < -0.4 is 0 Å². The molecule has 2 amide bonds. The Labute approximate surface area is 76.6 Å². The molecule has 0 radical (unpaired) electrons. The lowest BCUT2D eigenvalue weighted by molar-refractivity contribution is -0.245. The molecular weight excluding hydrogens is 176 g/mol. The van der Waals surface area contributed by atoms with Gasteiger partial charge in [0.25, 0.3) is 0 Å². The van der Waals surface area contributed by atoms with E-state index in [1.165, 1.54) is 12.0 Å². The molecule has 1 heterocycles. The van der Waals surface area contributed by atoms with Crippen LogP contribution in [0.3, 0.4) is 0 Å². The molecule has 0 aliphatic carbocycles. The van der Waals surface area contributed by atoms with E-state index in [9.17, 15) is 4.79 Å². The molecule has 6 heteroatoms. The Morgan fingerprint density at radius 3 is 2.92 bits per heavy atom. The van der Waals surface area contributed by atoms with Gasteiger partial charge in [0.15, 0.2) is 0 Å². The minimum Gasteiger partial charge on any atom is -0.376 e. The molecule has 1 fully saturated rings. The Hall–Kier alpha value is -0.850. The topological polar surface area (TPSA) is 62.2 Å². The van der Waals surface area contributed by atoms with Crippen molar-refractivity contribution in [2.75, 3.05) is 27.1 Å². The molecule has 0 aromatic rings. The van der Waals surface area contributed by atoms with Crippen molar-refractivity contribution in [3.63, 3.8) is 0 Å². The number of carbonyl (C=O) groups excluding carboxylic acids is 1. The van der Waals surface area contributed by atoms with Gasteiger partial charge < -0.3 is 19.5 Å². The fraction of sp³-hybridized carbons (Fsp3) is 0.857. The van der Waals surface area contributed by atoms with Crippen molar-refractivity contribution in [3.8, 4) is 0 Å². The maximum absolute atomic E-state index is 11.5. The van der Waals surface area contributed by atoms with Gasteiger partial charge in [0, 0.05) is 13.7 Å². The molecule has 13 heavy (non-hydrogen) atoms. The smallest absolute Gasteiger partial charge is 0.327 e. The first-order valence-electron chi connectivity index (χ1n) is 4.05. The number of rotatable bonds is 3. The molecule has 0 bridgehead atoms. The summed E-state index contributed by atoms with van der Waals surface area (Å²) in [5, 5.41) is 8.89. The van der Waals surface area contributed by atoms with Gasteiger partial charge in [0.05, 0.1) is 0 Å². The molecule has 0 aromatic heterocycles. The van der Waals surface area contributed by atoms with Gasteiger partial charge in [-0.15, -0.1) is 0 Å². The number of hydrogen-bond acceptors (Lipinski definition) is 4. The third-order valence-corrected chi connectivity index (χ3v) is 1.88. The zero-order valence-electron chi connectivity index (χ0n) is 7.77. The van der Waals surface area contributed by atoms with Crippen LogP contribution >= 0.6 is 0 Å². The van der Waals surface area contributed by atoms with Crippen LogP contribution in [0.4, 0.5) is 4.79 Å². The summed E-state index contributed by atoms with van der Waals surface area (Å²) in [5.74, 6) is 0. The van der Waals surface area contributed by atoms with Gasteiger partial charge in [-0.05, 0) is 6.92 Å². The summed E-state index contributed by atoms with van der Waals surface area (Å²) in [6.45, 7) is 2.17. The van der Waals surface area contributed by atoms with Gasteiger partial charge in [0.1, 0.15) is 13.5 Å². The molecule has 0 aromatic carbocycles. The number of hydrogen-bond donors (Lipinski definition) is 1. The Morgan fingerprint density at radius 2 is 2.46 bits per heavy atom. The Kier molecular flexibility index (Phi) is 3.47. The van der Waals surface area contributed by atoms with Gasteiger partial charge >= 0.3 is 6.03 Å². The average molecular weight is 190 g/mol. The van der Waals surface area contributed by atoms with Gasteiger partial charge in [-0.2, -0.15) is 0 Å². The van der Waals surface area contributed by atoms with Gasteiger partial charge in [0.2, 0.25) is 6.41 Å². The molecule has 1 unspecified atom stereocenters. The third-order valence-electron chi connectivity index (χ3n) is 1.88. The van der Waals surface area contributed by atoms with E-state index >= 15 is 0 Å². The first-order valence-corrected chi connectivity index (χ1v) is 4.05. The molecule has 0 spiro atoms. The van der Waals surface area contributed by atoms with Crippen LogP contribution in [-0.2, 0) is 9.47 Å². The zero-order valence-corrected chi connectivity index (χ0v) is 7.77. The lowest BCUT2D eigenvalue weighted by Crippen LogP contribution is -2.56. The maximum Gasteiger partial charge on any atom is 0.327 e. The summed E-state index contributed by atoms with van der Waals surface area (Å²) in [5.41, 5.74) is 0. The summed E-state index contributed by atoms with van der Waals surface area (Å²) in [4.78, 5) is 14.1. The quantitative estimate of drug-likeness (QED) is 0.657. The summed E-state index contributed by atoms with van der Waals surface area (Å²) in [6, 6.07) is -0.275. The van der Waals surface area contributed by atoms with Crippen LogP contribution in [0.15, 0.2) is 0 Å². The SMILES string of the molecule is CCN1COC(OC)N(CO)C1=O. The fourth-order valence-electron chi connectivity index (χ4n) is 1.12. The molecule has 1 saturated heterocycles. The predicted molar refractivity (Wildman–Crippen MR) is 43.4 cm³/mol. The molecule has 0 saturated carbocycles. The van der Waals surface area contributed by atoms with Crippen molar-refractivity contribution in [1.29, 1.82) is 0 Å². The van der Waals surface area contributed by atoms with E-state index in [4.69, 9.17) is 14.6 Å². The lowest BCUT2D eigenvalue weighted by atomic mass is 10.5. The second-order valence-corrected chi connectivity index (χ2v) is 2.59. The number of nitrogens with zero attached hydrogens (tertiary/aromatic N) is 2. The van der Waals surface area contributed by atoms with Crippen molar-refractivity contribution in [3.05, 3.63) is 0 Å². The minimum atomic E-state index is -0.778. The number of carbonyl (C=O) groups is 1. The van der Waals surface area contributed by atoms with Crippen molar-refractivity contribution in [2.45, 2.75) is 13.3 Å². The second kappa shape index (κ2) is 4.40. The maximum atomic E-state index is 11.5. The molecule has 1 N–H and O–H groups in total. The molecule has 1 aliphatic heterocycles. The number of amides is 2. The molecular formula is C7H14N2O4. The van der Waals surface area contributed by atoms with Crippen LogP contribution in [-0.4, -0.2) is 54.5 Å². The number of methoxy groups -OCH3 is 1. The Balaban J connectivity index is 2.65. The Bertz CT molecular complexity index is 187. The van der Waals surface area contributed by atoms with Crippen LogP contribution in [0.25, 0.3) is 0 Å². The highest BCUT2D eigenvalue weighted by molar-refractivity contribution is 5.74. The van der Waals surface area contributed by atoms with Crippen molar-refractivity contribution in [1.82, 2.24) is 9.80 Å². The normalized spacial score (nSPS) is 23.9. The lowest BCUT2D eigenvalue weighted by Gasteiger charge is -2.38. The number of aliphatic hydroxyl groups excluding tert-OH is 1. The zero-order chi connectivity index (χ0) is 9.84. The Morgan fingerprint density at radius 1 is 1.77 bits per heavy atom. The third kappa shape index (κ3) is 1.90. The summed E-state index contributed by atoms with van der Waals surface area (Å²) in [7, 11) is 1.42. The standard InChI is InChI=1S/C7H14N2O4/c1-3-8-5-13-7(12-2)9(4-10)6(8)11/h7,10H,3-5H2,1-2H3. The average Bonchev–Trinajstić information content (AvgIpc) is 2.17. The highest BCUT2D eigenvalue weighted by Gasteiger charge is 2.32. The number of aliphatic hydroxyl groups is 1. The van der Waals surface area contributed by atoms with Crippen molar-refractivity contribution in [2.24, 2.45) is 0 Å². The van der Waals surface area contributed by atoms with Crippen LogP contribution in [0.5, 0.6) is 0 Å². The van der Waals surface area contributed by atoms with E-state index in [2.05, 4.69) is 0 Å². The highest BCUT2D eigenvalue weighted by atomic mass is 16.7. The monoisotopic (exact) mass is 190 g/mol. The van der Waals surface area contributed by atoms with E-state index in [1.807, 2.05) is 6.92 Å². The first-order chi connectivity index (χ1) is 6.24.